The number of fused-ring (bicyclic) bond motifs is 1. The summed E-state index contributed by atoms with van der Waals surface area (Å²) in [5, 5.41) is 11.1. The molecule has 2 rings (SSSR count). The lowest BCUT2D eigenvalue weighted by molar-refractivity contribution is -0.131. The summed E-state index contributed by atoms with van der Waals surface area (Å²) in [5.74, 6) is 0.556. The van der Waals surface area contributed by atoms with Crippen molar-refractivity contribution in [2.75, 3.05) is 20.2 Å². The molecular weight excluding hydrogens is 288 g/mol. The van der Waals surface area contributed by atoms with Crippen molar-refractivity contribution in [1.29, 1.82) is 5.26 Å². The average Bonchev–Trinajstić information content (AvgIpc) is 2.59. The van der Waals surface area contributed by atoms with Gasteiger partial charge in [0.15, 0.2) is 0 Å². The first-order valence-electron chi connectivity index (χ1n) is 7.84. The predicted octanol–water partition coefficient (Wildman–Crippen LogP) is 3.71. The zero-order valence-electron chi connectivity index (χ0n) is 13.9. The predicted molar refractivity (Wildman–Crippen MR) is 91.4 cm³/mol. The Morgan fingerprint density at radius 3 is 2.61 bits per heavy atom. The van der Waals surface area contributed by atoms with E-state index >= 15 is 0 Å². The molecule has 0 aliphatic carbocycles. The van der Waals surface area contributed by atoms with Crippen LogP contribution >= 0.6 is 0 Å². The van der Waals surface area contributed by atoms with Crippen LogP contribution in [-0.2, 0) is 4.79 Å². The number of carbonyl (C=O) groups is 1. The molecule has 4 nitrogen and oxygen atoms in total. The SMILES string of the molecule is CCCN(CC#N)C(=O)[C@@H](C)c1ccc2cc(OC)ccc2c1. The van der Waals surface area contributed by atoms with E-state index in [1.54, 1.807) is 12.0 Å². The van der Waals surface area contributed by atoms with Gasteiger partial charge in [0.25, 0.3) is 0 Å². The number of rotatable bonds is 6. The van der Waals surface area contributed by atoms with Crippen molar-refractivity contribution < 1.29 is 9.53 Å². The third-order valence-electron chi connectivity index (χ3n) is 4.01. The summed E-state index contributed by atoms with van der Waals surface area (Å²) >= 11 is 0. The van der Waals surface area contributed by atoms with E-state index in [0.717, 1.165) is 28.5 Å². The summed E-state index contributed by atoms with van der Waals surface area (Å²) in [6, 6.07) is 14.0. The van der Waals surface area contributed by atoms with Gasteiger partial charge in [-0.25, -0.2) is 0 Å². The van der Waals surface area contributed by atoms with Crippen LogP contribution in [-0.4, -0.2) is 31.0 Å². The number of carbonyl (C=O) groups excluding carboxylic acids is 1. The Kier molecular flexibility index (Phi) is 5.59. The Labute approximate surface area is 137 Å². The fourth-order valence-electron chi connectivity index (χ4n) is 2.68. The largest absolute Gasteiger partial charge is 0.497 e. The summed E-state index contributed by atoms with van der Waals surface area (Å²) in [6.45, 7) is 4.65. The minimum Gasteiger partial charge on any atom is -0.497 e. The number of methoxy groups -OCH3 is 1. The van der Waals surface area contributed by atoms with Gasteiger partial charge < -0.3 is 9.64 Å². The molecule has 4 heteroatoms. The van der Waals surface area contributed by atoms with Gasteiger partial charge in [0.1, 0.15) is 12.3 Å². The monoisotopic (exact) mass is 310 g/mol. The zero-order valence-corrected chi connectivity index (χ0v) is 13.9. The summed E-state index contributed by atoms with van der Waals surface area (Å²) in [7, 11) is 1.65. The second kappa shape index (κ2) is 7.64. The average molecular weight is 310 g/mol. The third kappa shape index (κ3) is 3.81. The second-order valence-electron chi connectivity index (χ2n) is 5.61. The van der Waals surface area contributed by atoms with E-state index in [-0.39, 0.29) is 18.4 Å². The summed E-state index contributed by atoms with van der Waals surface area (Å²) < 4.78 is 5.23. The molecule has 0 spiro atoms. The molecule has 1 atom stereocenters. The van der Waals surface area contributed by atoms with Crippen LogP contribution in [0.5, 0.6) is 5.75 Å². The smallest absolute Gasteiger partial charge is 0.230 e. The number of hydrogen-bond donors (Lipinski definition) is 0. The molecule has 0 radical (unpaired) electrons. The van der Waals surface area contributed by atoms with Gasteiger partial charge >= 0.3 is 0 Å². The maximum Gasteiger partial charge on any atom is 0.230 e. The molecule has 2 aromatic rings. The van der Waals surface area contributed by atoms with E-state index in [4.69, 9.17) is 10.00 Å². The van der Waals surface area contributed by atoms with Gasteiger partial charge in [0.2, 0.25) is 5.91 Å². The Balaban J connectivity index is 2.27. The Morgan fingerprint density at radius 1 is 1.26 bits per heavy atom. The molecule has 0 aliphatic rings. The van der Waals surface area contributed by atoms with Crippen molar-refractivity contribution >= 4 is 16.7 Å². The lowest BCUT2D eigenvalue weighted by Crippen LogP contribution is -2.35. The van der Waals surface area contributed by atoms with E-state index in [1.165, 1.54) is 0 Å². The highest BCUT2D eigenvalue weighted by atomic mass is 16.5. The van der Waals surface area contributed by atoms with Gasteiger partial charge in [0, 0.05) is 6.54 Å². The maximum atomic E-state index is 12.6. The van der Waals surface area contributed by atoms with E-state index in [2.05, 4.69) is 6.07 Å². The van der Waals surface area contributed by atoms with Crippen LogP contribution in [0.1, 0.15) is 31.7 Å². The van der Waals surface area contributed by atoms with Crippen molar-refractivity contribution in [2.24, 2.45) is 0 Å². The highest BCUT2D eigenvalue weighted by Crippen LogP contribution is 2.26. The van der Waals surface area contributed by atoms with Crippen LogP contribution in [0.2, 0.25) is 0 Å². The molecule has 23 heavy (non-hydrogen) atoms. The molecule has 2 aromatic carbocycles. The molecule has 120 valence electrons. The van der Waals surface area contributed by atoms with E-state index in [9.17, 15) is 4.79 Å². The Hall–Kier alpha value is -2.54. The number of amides is 1. The lowest BCUT2D eigenvalue weighted by Gasteiger charge is -2.23. The normalized spacial score (nSPS) is 11.7. The van der Waals surface area contributed by atoms with Crippen molar-refractivity contribution in [3.8, 4) is 11.8 Å². The van der Waals surface area contributed by atoms with E-state index in [0.29, 0.717) is 6.54 Å². The number of benzene rings is 2. The third-order valence-corrected chi connectivity index (χ3v) is 4.01. The van der Waals surface area contributed by atoms with Gasteiger partial charge in [-0.1, -0.05) is 31.2 Å². The highest BCUT2D eigenvalue weighted by molar-refractivity contribution is 5.88. The van der Waals surface area contributed by atoms with Crippen LogP contribution in [0.4, 0.5) is 0 Å². The molecule has 0 aromatic heterocycles. The van der Waals surface area contributed by atoms with Crippen molar-refractivity contribution in [3.63, 3.8) is 0 Å². The first kappa shape index (κ1) is 16.8. The van der Waals surface area contributed by atoms with E-state index < -0.39 is 0 Å². The molecule has 1 amide bonds. The number of nitriles is 1. The molecule has 0 fully saturated rings. The van der Waals surface area contributed by atoms with Crippen molar-refractivity contribution in [1.82, 2.24) is 4.90 Å². The van der Waals surface area contributed by atoms with Crippen LogP contribution in [0.15, 0.2) is 36.4 Å². The number of nitrogens with zero attached hydrogens (tertiary/aromatic N) is 2. The van der Waals surface area contributed by atoms with Crippen LogP contribution in [0, 0.1) is 11.3 Å². The summed E-state index contributed by atoms with van der Waals surface area (Å²) in [4.78, 5) is 14.2. The molecular formula is C19H22N2O2. The van der Waals surface area contributed by atoms with E-state index in [1.807, 2.05) is 50.2 Å². The van der Waals surface area contributed by atoms with Crippen molar-refractivity contribution in [2.45, 2.75) is 26.2 Å². The summed E-state index contributed by atoms with van der Waals surface area (Å²) in [6.07, 6.45) is 0.845. The first-order valence-corrected chi connectivity index (χ1v) is 7.84. The lowest BCUT2D eigenvalue weighted by atomic mass is 9.96. The molecule has 0 N–H and O–H groups in total. The minimum absolute atomic E-state index is 0.00117. The number of ether oxygens (including phenoxy) is 1. The molecule has 0 saturated heterocycles. The number of hydrogen-bond acceptors (Lipinski definition) is 3. The van der Waals surface area contributed by atoms with Gasteiger partial charge in [-0.05, 0) is 41.8 Å². The molecule has 0 saturated carbocycles. The van der Waals surface area contributed by atoms with Crippen LogP contribution in [0.25, 0.3) is 10.8 Å². The quantitative estimate of drug-likeness (QED) is 0.764. The molecule has 0 unspecified atom stereocenters. The van der Waals surface area contributed by atoms with Crippen LogP contribution in [0.3, 0.4) is 0 Å². The second-order valence-corrected chi connectivity index (χ2v) is 5.61. The molecule has 0 bridgehead atoms. The molecule has 0 heterocycles. The van der Waals surface area contributed by atoms with Gasteiger partial charge in [-0.2, -0.15) is 5.26 Å². The van der Waals surface area contributed by atoms with Crippen molar-refractivity contribution in [3.05, 3.63) is 42.0 Å². The highest BCUT2D eigenvalue weighted by Gasteiger charge is 2.21. The topological polar surface area (TPSA) is 53.3 Å². The van der Waals surface area contributed by atoms with Gasteiger partial charge in [-0.3, -0.25) is 4.79 Å². The zero-order chi connectivity index (χ0) is 16.8. The van der Waals surface area contributed by atoms with Crippen LogP contribution < -0.4 is 4.74 Å². The summed E-state index contributed by atoms with van der Waals surface area (Å²) in [5.41, 5.74) is 0.965. The minimum atomic E-state index is -0.263. The van der Waals surface area contributed by atoms with Gasteiger partial charge in [0.05, 0.1) is 19.1 Å². The van der Waals surface area contributed by atoms with Gasteiger partial charge in [-0.15, -0.1) is 0 Å². The molecule has 0 aliphatic heterocycles. The maximum absolute atomic E-state index is 12.6. The fourth-order valence-corrected chi connectivity index (χ4v) is 2.68. The standard InChI is InChI=1S/C19H22N2O2/c1-4-10-21(11-9-20)19(22)14(2)15-5-6-17-13-18(23-3)8-7-16(17)12-15/h5-8,12-14H,4,10-11H2,1-3H3/t14-/m0/s1. The fraction of sp³-hybridized carbons (Fsp3) is 0.368. The first-order chi connectivity index (χ1) is 11.1. The Bertz CT molecular complexity index is 734. The Morgan fingerprint density at radius 2 is 1.96 bits per heavy atom.